The third kappa shape index (κ3) is 2.06. The molecule has 0 saturated carbocycles. The maximum Gasteiger partial charge on any atom is 0.0703 e. The lowest BCUT2D eigenvalue weighted by molar-refractivity contribution is 0.466. The fourth-order valence-electron chi connectivity index (χ4n) is 2.71. The van der Waals surface area contributed by atoms with E-state index in [1.165, 1.54) is 17.5 Å². The van der Waals surface area contributed by atoms with Crippen LogP contribution in [0.1, 0.15) is 13.3 Å². The first-order valence-electron chi connectivity index (χ1n) is 6.70. The number of hydrogen-bond acceptors (Lipinski definition) is 3. The van der Waals surface area contributed by atoms with Crippen molar-refractivity contribution in [2.75, 3.05) is 24.5 Å². The lowest BCUT2D eigenvalue weighted by Crippen LogP contribution is -2.51. The van der Waals surface area contributed by atoms with Crippen LogP contribution in [0.15, 0.2) is 36.5 Å². The van der Waals surface area contributed by atoms with Crippen LogP contribution in [-0.4, -0.2) is 30.7 Å². The number of nitrogens with one attached hydrogen (secondary N) is 1. The van der Waals surface area contributed by atoms with Gasteiger partial charge in [0.1, 0.15) is 0 Å². The Kier molecular flexibility index (Phi) is 3.15. The molecule has 1 unspecified atom stereocenters. The molecule has 0 aliphatic carbocycles. The van der Waals surface area contributed by atoms with E-state index >= 15 is 0 Å². The average Bonchev–Trinajstić information content (AvgIpc) is 2.46. The van der Waals surface area contributed by atoms with Gasteiger partial charge < -0.3 is 10.2 Å². The molecule has 2 heterocycles. The second-order valence-corrected chi connectivity index (χ2v) is 4.84. The van der Waals surface area contributed by atoms with Crippen LogP contribution in [0.5, 0.6) is 0 Å². The van der Waals surface area contributed by atoms with Gasteiger partial charge in [0.25, 0.3) is 0 Å². The molecule has 1 aliphatic rings. The molecule has 3 nitrogen and oxygen atoms in total. The van der Waals surface area contributed by atoms with Gasteiger partial charge >= 0.3 is 0 Å². The van der Waals surface area contributed by atoms with Gasteiger partial charge in [0.2, 0.25) is 0 Å². The van der Waals surface area contributed by atoms with Gasteiger partial charge in [-0.3, -0.25) is 4.98 Å². The molecular weight excluding hydrogens is 222 g/mol. The highest BCUT2D eigenvalue weighted by Crippen LogP contribution is 2.24. The van der Waals surface area contributed by atoms with E-state index in [9.17, 15) is 0 Å². The second-order valence-electron chi connectivity index (χ2n) is 4.84. The lowest BCUT2D eigenvalue weighted by Gasteiger charge is -2.37. The molecule has 3 heteroatoms. The van der Waals surface area contributed by atoms with Crippen LogP contribution in [0.4, 0.5) is 5.69 Å². The summed E-state index contributed by atoms with van der Waals surface area (Å²) in [6.45, 7) is 5.50. The third-order valence-corrected chi connectivity index (χ3v) is 3.74. The predicted molar refractivity (Wildman–Crippen MR) is 76.0 cm³/mol. The number of fused-ring (bicyclic) bond motifs is 1. The summed E-state index contributed by atoms with van der Waals surface area (Å²) >= 11 is 0. The molecule has 18 heavy (non-hydrogen) atoms. The van der Waals surface area contributed by atoms with Crippen LogP contribution in [0.25, 0.3) is 10.9 Å². The maximum atomic E-state index is 4.38. The predicted octanol–water partition coefficient (Wildman–Crippen LogP) is 2.42. The number of hydrogen-bond donors (Lipinski definition) is 1. The molecule has 0 radical (unpaired) electrons. The van der Waals surface area contributed by atoms with E-state index in [1.807, 2.05) is 12.3 Å². The van der Waals surface area contributed by atoms with Crippen molar-refractivity contribution in [1.29, 1.82) is 0 Å². The number of aromatic nitrogens is 1. The van der Waals surface area contributed by atoms with Crippen molar-refractivity contribution < 1.29 is 0 Å². The van der Waals surface area contributed by atoms with E-state index in [4.69, 9.17) is 0 Å². The van der Waals surface area contributed by atoms with Gasteiger partial charge in [0.05, 0.1) is 5.52 Å². The molecule has 1 atom stereocenters. The Morgan fingerprint density at radius 3 is 3.22 bits per heavy atom. The Balaban J connectivity index is 1.97. The molecule has 0 amide bonds. The van der Waals surface area contributed by atoms with Gasteiger partial charge in [-0.2, -0.15) is 0 Å². The Bertz CT molecular complexity index is 538. The molecule has 2 aromatic rings. The standard InChI is InChI=1S/C15H19N3/c1-2-13-11-16-8-9-18(13)14-5-6-15-12(10-14)4-3-7-17-15/h3-7,10,13,16H,2,8-9,11H2,1H3. The van der Waals surface area contributed by atoms with E-state index < -0.39 is 0 Å². The zero-order valence-corrected chi connectivity index (χ0v) is 10.8. The van der Waals surface area contributed by atoms with Crippen LogP contribution in [0.2, 0.25) is 0 Å². The van der Waals surface area contributed by atoms with Crippen molar-refractivity contribution in [3.63, 3.8) is 0 Å². The highest BCUT2D eigenvalue weighted by molar-refractivity contribution is 5.82. The summed E-state index contributed by atoms with van der Waals surface area (Å²) in [6, 6.07) is 11.3. The Labute approximate surface area is 108 Å². The van der Waals surface area contributed by atoms with Crippen molar-refractivity contribution in [3.05, 3.63) is 36.5 Å². The molecule has 1 aliphatic heterocycles. The van der Waals surface area contributed by atoms with Crippen molar-refractivity contribution >= 4 is 16.6 Å². The zero-order chi connectivity index (χ0) is 12.4. The van der Waals surface area contributed by atoms with E-state index in [1.54, 1.807) is 0 Å². The smallest absolute Gasteiger partial charge is 0.0703 e. The van der Waals surface area contributed by atoms with Crippen LogP contribution in [-0.2, 0) is 0 Å². The van der Waals surface area contributed by atoms with Gasteiger partial charge in [-0.15, -0.1) is 0 Å². The first-order chi connectivity index (χ1) is 8.88. The molecule has 3 rings (SSSR count). The summed E-state index contributed by atoms with van der Waals surface area (Å²) in [6.07, 6.45) is 3.03. The van der Waals surface area contributed by atoms with Crippen LogP contribution >= 0.6 is 0 Å². The van der Waals surface area contributed by atoms with Crippen LogP contribution in [0, 0.1) is 0 Å². The molecule has 1 aromatic heterocycles. The number of rotatable bonds is 2. The van der Waals surface area contributed by atoms with Crippen molar-refractivity contribution in [2.24, 2.45) is 0 Å². The molecule has 0 spiro atoms. The summed E-state index contributed by atoms with van der Waals surface area (Å²) in [5.74, 6) is 0. The molecule has 1 fully saturated rings. The first kappa shape index (κ1) is 11.5. The SMILES string of the molecule is CCC1CNCCN1c1ccc2ncccc2c1. The number of benzene rings is 1. The number of anilines is 1. The van der Waals surface area contributed by atoms with Crippen molar-refractivity contribution in [3.8, 4) is 0 Å². The maximum absolute atomic E-state index is 4.38. The summed E-state index contributed by atoms with van der Waals surface area (Å²) in [5.41, 5.74) is 2.40. The second kappa shape index (κ2) is 4.94. The Morgan fingerprint density at radius 1 is 1.39 bits per heavy atom. The largest absolute Gasteiger partial charge is 0.366 e. The number of piperazine rings is 1. The molecule has 1 saturated heterocycles. The fourth-order valence-corrected chi connectivity index (χ4v) is 2.71. The topological polar surface area (TPSA) is 28.2 Å². The van der Waals surface area contributed by atoms with Gasteiger partial charge in [-0.1, -0.05) is 13.0 Å². The minimum Gasteiger partial charge on any atom is -0.366 e. The summed E-state index contributed by atoms with van der Waals surface area (Å²) in [7, 11) is 0. The molecule has 0 bridgehead atoms. The van der Waals surface area contributed by atoms with Crippen molar-refractivity contribution in [1.82, 2.24) is 10.3 Å². The number of nitrogens with zero attached hydrogens (tertiary/aromatic N) is 2. The van der Waals surface area contributed by atoms with E-state index in [2.05, 4.69) is 46.4 Å². The first-order valence-corrected chi connectivity index (χ1v) is 6.70. The number of pyridine rings is 1. The summed E-state index contributed by atoms with van der Waals surface area (Å²) in [5, 5.41) is 4.69. The van der Waals surface area contributed by atoms with E-state index in [-0.39, 0.29) is 0 Å². The van der Waals surface area contributed by atoms with Crippen LogP contribution in [0.3, 0.4) is 0 Å². The molecular formula is C15H19N3. The van der Waals surface area contributed by atoms with Gasteiger partial charge in [-0.25, -0.2) is 0 Å². The highest BCUT2D eigenvalue weighted by Gasteiger charge is 2.20. The summed E-state index contributed by atoms with van der Waals surface area (Å²) in [4.78, 5) is 6.89. The molecule has 94 valence electrons. The fraction of sp³-hybridized carbons (Fsp3) is 0.400. The minimum atomic E-state index is 0.605. The Morgan fingerprint density at radius 2 is 2.33 bits per heavy atom. The molecule has 1 aromatic carbocycles. The van der Waals surface area contributed by atoms with Gasteiger partial charge in [0.15, 0.2) is 0 Å². The normalized spacial score (nSPS) is 20.3. The van der Waals surface area contributed by atoms with E-state index in [0.717, 1.165) is 25.2 Å². The average molecular weight is 241 g/mol. The van der Waals surface area contributed by atoms with Gasteiger partial charge in [-0.05, 0) is 30.7 Å². The lowest BCUT2D eigenvalue weighted by atomic mass is 10.1. The zero-order valence-electron chi connectivity index (χ0n) is 10.8. The van der Waals surface area contributed by atoms with Crippen LogP contribution < -0.4 is 10.2 Å². The highest BCUT2D eigenvalue weighted by atomic mass is 15.2. The molecule has 1 N–H and O–H groups in total. The Hall–Kier alpha value is -1.61. The monoisotopic (exact) mass is 241 g/mol. The van der Waals surface area contributed by atoms with Gasteiger partial charge in [0, 0.05) is 42.9 Å². The quantitative estimate of drug-likeness (QED) is 0.875. The summed E-state index contributed by atoms with van der Waals surface area (Å²) < 4.78 is 0. The minimum absolute atomic E-state index is 0.605. The van der Waals surface area contributed by atoms with E-state index in [0.29, 0.717) is 6.04 Å². The van der Waals surface area contributed by atoms with Crippen molar-refractivity contribution in [2.45, 2.75) is 19.4 Å². The third-order valence-electron chi connectivity index (χ3n) is 3.74.